The highest BCUT2D eigenvalue weighted by molar-refractivity contribution is 5.70. The maximum Gasteiger partial charge on any atom is 0.292 e. The number of nitrogens with one attached hydrogen (secondary N) is 1. The van der Waals surface area contributed by atoms with Crippen LogP contribution in [0, 0.1) is 17.0 Å². The molecule has 1 heterocycles. The van der Waals surface area contributed by atoms with E-state index in [1.165, 1.54) is 6.07 Å². The number of pyridine rings is 1. The van der Waals surface area contributed by atoms with Crippen molar-refractivity contribution in [3.63, 3.8) is 0 Å². The van der Waals surface area contributed by atoms with E-state index >= 15 is 0 Å². The smallest absolute Gasteiger partial charge is 0.292 e. The minimum atomic E-state index is -0.404. The Hall–Kier alpha value is -2.43. The molecule has 0 atom stereocenters. The van der Waals surface area contributed by atoms with Crippen molar-refractivity contribution in [3.8, 4) is 0 Å². The molecule has 5 heteroatoms. The molecule has 5 nitrogen and oxygen atoms in total. The van der Waals surface area contributed by atoms with Crippen LogP contribution in [0.3, 0.4) is 0 Å². The van der Waals surface area contributed by atoms with Crippen molar-refractivity contribution < 1.29 is 4.92 Å². The van der Waals surface area contributed by atoms with Crippen LogP contribution in [0.2, 0.25) is 0 Å². The van der Waals surface area contributed by atoms with Gasteiger partial charge in [-0.3, -0.25) is 15.1 Å². The number of benzene rings is 1. The maximum atomic E-state index is 10.9. The summed E-state index contributed by atoms with van der Waals surface area (Å²) >= 11 is 0. The topological polar surface area (TPSA) is 68.1 Å². The molecule has 0 aliphatic carbocycles. The monoisotopic (exact) mass is 229 g/mol. The summed E-state index contributed by atoms with van der Waals surface area (Å²) in [5.41, 5.74) is 2.29. The van der Waals surface area contributed by atoms with E-state index in [9.17, 15) is 10.1 Å². The SMILES string of the molecule is Cc1cnccc1Nc1ccccc1[N+](=O)[O-]. The number of nitro benzene ring substituents is 1. The van der Waals surface area contributed by atoms with Gasteiger partial charge in [-0.15, -0.1) is 0 Å². The van der Waals surface area contributed by atoms with Crippen molar-refractivity contribution in [1.29, 1.82) is 0 Å². The fraction of sp³-hybridized carbons (Fsp3) is 0.0833. The molecule has 0 amide bonds. The standard InChI is InChI=1S/C12H11N3O2/c1-9-8-13-7-6-10(9)14-11-4-2-3-5-12(11)15(16)17/h2-8H,1H3,(H,13,14). The van der Waals surface area contributed by atoms with Gasteiger partial charge >= 0.3 is 0 Å². The Morgan fingerprint density at radius 2 is 2.00 bits per heavy atom. The van der Waals surface area contributed by atoms with E-state index in [1.54, 1.807) is 36.7 Å². The fourth-order valence-electron chi connectivity index (χ4n) is 1.50. The molecule has 0 aliphatic rings. The van der Waals surface area contributed by atoms with Crippen molar-refractivity contribution >= 4 is 17.1 Å². The summed E-state index contributed by atoms with van der Waals surface area (Å²) in [5, 5.41) is 13.9. The van der Waals surface area contributed by atoms with Crippen LogP contribution in [0.15, 0.2) is 42.7 Å². The molecule has 0 unspecified atom stereocenters. The van der Waals surface area contributed by atoms with Crippen LogP contribution >= 0.6 is 0 Å². The van der Waals surface area contributed by atoms with Crippen LogP contribution in [0.5, 0.6) is 0 Å². The summed E-state index contributed by atoms with van der Waals surface area (Å²) in [6.07, 6.45) is 3.35. The molecule has 0 fully saturated rings. The second-order valence-corrected chi connectivity index (χ2v) is 3.59. The summed E-state index contributed by atoms with van der Waals surface area (Å²) in [4.78, 5) is 14.4. The lowest BCUT2D eigenvalue weighted by Crippen LogP contribution is -1.98. The van der Waals surface area contributed by atoms with E-state index < -0.39 is 4.92 Å². The maximum absolute atomic E-state index is 10.9. The van der Waals surface area contributed by atoms with Gasteiger partial charge in [-0.05, 0) is 24.6 Å². The van der Waals surface area contributed by atoms with Gasteiger partial charge in [-0.1, -0.05) is 12.1 Å². The number of anilines is 2. The molecule has 0 saturated carbocycles. The van der Waals surface area contributed by atoms with Gasteiger partial charge in [-0.25, -0.2) is 0 Å². The largest absolute Gasteiger partial charge is 0.350 e. The Bertz CT molecular complexity index is 555. The highest BCUT2D eigenvalue weighted by Crippen LogP contribution is 2.27. The molecular weight excluding hydrogens is 218 g/mol. The Morgan fingerprint density at radius 1 is 1.24 bits per heavy atom. The Labute approximate surface area is 98.3 Å². The molecule has 1 aromatic heterocycles. The van der Waals surface area contributed by atoms with Crippen LogP contribution in [-0.4, -0.2) is 9.91 Å². The van der Waals surface area contributed by atoms with Crippen molar-refractivity contribution in [3.05, 3.63) is 58.4 Å². The number of nitrogens with zero attached hydrogens (tertiary/aromatic N) is 2. The average Bonchev–Trinajstić information content (AvgIpc) is 2.32. The Morgan fingerprint density at radius 3 is 2.71 bits per heavy atom. The van der Waals surface area contributed by atoms with Crippen LogP contribution < -0.4 is 5.32 Å². The van der Waals surface area contributed by atoms with Crippen LogP contribution in [0.25, 0.3) is 0 Å². The van der Waals surface area contributed by atoms with Gasteiger partial charge < -0.3 is 5.32 Å². The number of para-hydroxylation sites is 2. The third-order valence-corrected chi connectivity index (χ3v) is 2.39. The number of hydrogen-bond acceptors (Lipinski definition) is 4. The second-order valence-electron chi connectivity index (χ2n) is 3.59. The minimum Gasteiger partial charge on any atom is -0.350 e. The Balaban J connectivity index is 2.37. The first-order valence-corrected chi connectivity index (χ1v) is 5.09. The fourth-order valence-corrected chi connectivity index (χ4v) is 1.50. The van der Waals surface area contributed by atoms with E-state index in [0.29, 0.717) is 5.69 Å². The number of aromatic nitrogens is 1. The zero-order chi connectivity index (χ0) is 12.3. The van der Waals surface area contributed by atoms with Crippen LogP contribution in [-0.2, 0) is 0 Å². The van der Waals surface area contributed by atoms with Gasteiger partial charge in [-0.2, -0.15) is 0 Å². The van der Waals surface area contributed by atoms with Gasteiger partial charge in [0.05, 0.1) is 4.92 Å². The molecule has 0 saturated heterocycles. The molecule has 0 bridgehead atoms. The summed E-state index contributed by atoms with van der Waals surface area (Å²) in [7, 11) is 0. The zero-order valence-corrected chi connectivity index (χ0v) is 9.25. The lowest BCUT2D eigenvalue weighted by atomic mass is 10.2. The highest BCUT2D eigenvalue weighted by atomic mass is 16.6. The quantitative estimate of drug-likeness (QED) is 0.648. The number of nitro groups is 1. The van der Waals surface area contributed by atoms with Crippen LogP contribution in [0.4, 0.5) is 17.1 Å². The first-order chi connectivity index (χ1) is 8.18. The van der Waals surface area contributed by atoms with Gasteiger partial charge in [0, 0.05) is 24.1 Å². The van der Waals surface area contributed by atoms with Gasteiger partial charge in [0.15, 0.2) is 0 Å². The molecule has 17 heavy (non-hydrogen) atoms. The summed E-state index contributed by atoms with van der Waals surface area (Å²) < 4.78 is 0. The lowest BCUT2D eigenvalue weighted by molar-refractivity contribution is -0.383. The zero-order valence-electron chi connectivity index (χ0n) is 9.25. The van der Waals surface area contributed by atoms with E-state index in [1.807, 2.05) is 6.92 Å². The average molecular weight is 229 g/mol. The predicted molar refractivity (Wildman–Crippen MR) is 65.4 cm³/mol. The molecule has 1 N–H and O–H groups in total. The summed E-state index contributed by atoms with van der Waals surface area (Å²) in [6, 6.07) is 8.33. The molecule has 86 valence electrons. The van der Waals surface area contributed by atoms with Gasteiger partial charge in [0.25, 0.3) is 5.69 Å². The van der Waals surface area contributed by atoms with E-state index in [-0.39, 0.29) is 5.69 Å². The molecule has 0 spiro atoms. The van der Waals surface area contributed by atoms with Gasteiger partial charge in [0.2, 0.25) is 0 Å². The van der Waals surface area contributed by atoms with E-state index in [0.717, 1.165) is 11.3 Å². The molecule has 2 aromatic rings. The molecule has 0 radical (unpaired) electrons. The minimum absolute atomic E-state index is 0.0590. The van der Waals surface area contributed by atoms with Crippen molar-refractivity contribution in [1.82, 2.24) is 4.98 Å². The Kier molecular flexibility index (Phi) is 3.00. The van der Waals surface area contributed by atoms with Crippen molar-refractivity contribution in [2.24, 2.45) is 0 Å². The third-order valence-electron chi connectivity index (χ3n) is 2.39. The molecular formula is C12H11N3O2. The highest BCUT2D eigenvalue weighted by Gasteiger charge is 2.12. The number of hydrogen-bond donors (Lipinski definition) is 1. The van der Waals surface area contributed by atoms with Crippen LogP contribution in [0.1, 0.15) is 5.56 Å². The van der Waals surface area contributed by atoms with Gasteiger partial charge in [0.1, 0.15) is 5.69 Å². The van der Waals surface area contributed by atoms with Crippen molar-refractivity contribution in [2.45, 2.75) is 6.92 Å². The molecule has 0 aliphatic heterocycles. The summed E-state index contributed by atoms with van der Waals surface area (Å²) in [5.74, 6) is 0. The third kappa shape index (κ3) is 2.39. The van der Waals surface area contributed by atoms with E-state index in [4.69, 9.17) is 0 Å². The summed E-state index contributed by atoms with van der Waals surface area (Å²) in [6.45, 7) is 1.89. The normalized spacial score (nSPS) is 9.94. The second kappa shape index (κ2) is 4.61. The first kappa shape index (κ1) is 11.1. The first-order valence-electron chi connectivity index (χ1n) is 5.09. The lowest BCUT2D eigenvalue weighted by Gasteiger charge is -2.08. The molecule has 1 aromatic carbocycles. The number of rotatable bonds is 3. The van der Waals surface area contributed by atoms with Crippen molar-refractivity contribution in [2.75, 3.05) is 5.32 Å². The molecule has 2 rings (SSSR count). The predicted octanol–water partition coefficient (Wildman–Crippen LogP) is 3.04. The number of aryl methyl sites for hydroxylation is 1. The van der Waals surface area contributed by atoms with E-state index in [2.05, 4.69) is 10.3 Å².